The number of ether oxygens (including phenoxy) is 2. The number of hydrogen-bond acceptors (Lipinski definition) is 4. The van der Waals surface area contributed by atoms with Gasteiger partial charge in [0.05, 0.1) is 13.7 Å². The maximum atomic E-state index is 13.6. The first kappa shape index (κ1) is 22.6. The number of rotatable bonds is 8. The maximum absolute atomic E-state index is 13.6. The Bertz CT molecular complexity index is 1160. The van der Waals surface area contributed by atoms with Crippen LogP contribution in [-0.4, -0.2) is 19.6 Å². The lowest BCUT2D eigenvalue weighted by Gasteiger charge is -2.11. The molecule has 32 heavy (non-hydrogen) atoms. The number of methoxy groups -OCH3 is 1. The topological polar surface area (TPSA) is 71.3 Å². The largest absolute Gasteiger partial charge is 0.497 e. The number of carbonyl (C=O) groups excluding carboxylic acids is 1. The first-order valence-electron chi connectivity index (χ1n) is 10.1. The van der Waals surface area contributed by atoms with E-state index in [0.29, 0.717) is 35.8 Å². The molecule has 0 spiro atoms. The van der Waals surface area contributed by atoms with Crippen molar-refractivity contribution >= 4 is 17.7 Å². The summed E-state index contributed by atoms with van der Waals surface area (Å²) in [5, 5.41) is 12.3. The molecule has 0 radical (unpaired) electrons. The van der Waals surface area contributed by atoms with Crippen LogP contribution in [0.1, 0.15) is 23.6 Å². The second-order valence-electron chi connectivity index (χ2n) is 6.95. The zero-order valence-corrected chi connectivity index (χ0v) is 17.9. The van der Waals surface area contributed by atoms with E-state index in [2.05, 4.69) is 5.32 Å². The van der Waals surface area contributed by atoms with Crippen molar-refractivity contribution in [3.8, 4) is 17.6 Å². The molecule has 0 aliphatic carbocycles. The van der Waals surface area contributed by atoms with Crippen LogP contribution in [0.25, 0.3) is 6.08 Å². The summed E-state index contributed by atoms with van der Waals surface area (Å²) in [4.78, 5) is 12.7. The Morgan fingerprint density at radius 2 is 1.84 bits per heavy atom. The molecule has 1 N–H and O–H groups in total. The van der Waals surface area contributed by atoms with E-state index in [1.165, 1.54) is 18.2 Å². The number of carbonyl (C=O) groups is 1. The van der Waals surface area contributed by atoms with E-state index in [0.717, 1.165) is 11.1 Å². The first-order valence-corrected chi connectivity index (χ1v) is 10.1. The maximum Gasteiger partial charge on any atom is 0.266 e. The van der Waals surface area contributed by atoms with E-state index in [4.69, 9.17) is 9.47 Å². The van der Waals surface area contributed by atoms with Crippen LogP contribution in [0.3, 0.4) is 0 Å². The van der Waals surface area contributed by atoms with Crippen LogP contribution in [0.2, 0.25) is 0 Å². The monoisotopic (exact) mass is 430 g/mol. The average Bonchev–Trinajstić information content (AvgIpc) is 2.79. The van der Waals surface area contributed by atoms with Crippen LogP contribution in [-0.2, 0) is 11.2 Å². The summed E-state index contributed by atoms with van der Waals surface area (Å²) in [6.07, 6.45) is 1.94. The van der Waals surface area contributed by atoms with Crippen molar-refractivity contribution in [2.75, 3.05) is 19.0 Å². The molecule has 0 saturated heterocycles. The summed E-state index contributed by atoms with van der Waals surface area (Å²) >= 11 is 0. The van der Waals surface area contributed by atoms with Crippen molar-refractivity contribution < 1.29 is 18.7 Å². The minimum Gasteiger partial charge on any atom is -0.497 e. The van der Waals surface area contributed by atoms with Crippen LogP contribution in [0, 0.1) is 17.1 Å². The molecule has 0 atom stereocenters. The third-order valence-corrected chi connectivity index (χ3v) is 4.72. The molecule has 3 aromatic carbocycles. The molecule has 3 rings (SSSR count). The average molecular weight is 430 g/mol. The van der Waals surface area contributed by atoms with Gasteiger partial charge in [-0.2, -0.15) is 5.26 Å². The van der Waals surface area contributed by atoms with Gasteiger partial charge in [-0.05, 0) is 84.6 Å². The fourth-order valence-corrected chi connectivity index (χ4v) is 3.17. The molecule has 0 heterocycles. The van der Waals surface area contributed by atoms with Crippen molar-refractivity contribution in [3.05, 3.63) is 94.8 Å². The molecular formula is C26H23FN2O3. The minimum absolute atomic E-state index is 0.0513. The second-order valence-corrected chi connectivity index (χ2v) is 6.95. The molecule has 1 amide bonds. The molecule has 0 unspecified atom stereocenters. The van der Waals surface area contributed by atoms with E-state index in [1.807, 2.05) is 25.1 Å². The molecule has 6 heteroatoms. The van der Waals surface area contributed by atoms with Crippen LogP contribution in [0.4, 0.5) is 10.1 Å². The summed E-state index contributed by atoms with van der Waals surface area (Å²) in [7, 11) is 1.56. The Balaban J connectivity index is 1.86. The van der Waals surface area contributed by atoms with Gasteiger partial charge in [-0.3, -0.25) is 4.79 Å². The lowest BCUT2D eigenvalue weighted by molar-refractivity contribution is -0.112. The van der Waals surface area contributed by atoms with E-state index in [9.17, 15) is 14.4 Å². The quantitative estimate of drug-likeness (QED) is 0.385. The molecule has 162 valence electrons. The number of amides is 1. The van der Waals surface area contributed by atoms with Crippen LogP contribution in [0.15, 0.2) is 72.3 Å². The number of nitriles is 1. The number of nitrogens with zero attached hydrogens (tertiary/aromatic N) is 1. The highest BCUT2D eigenvalue weighted by atomic mass is 19.1. The Hall–Kier alpha value is -4.11. The number of nitrogens with one attached hydrogen (secondary N) is 1. The summed E-state index contributed by atoms with van der Waals surface area (Å²) in [5.74, 6) is 0.479. The van der Waals surface area contributed by atoms with Crippen LogP contribution < -0.4 is 14.8 Å². The highest BCUT2D eigenvalue weighted by molar-refractivity contribution is 6.09. The van der Waals surface area contributed by atoms with Gasteiger partial charge in [0, 0.05) is 5.69 Å². The van der Waals surface area contributed by atoms with E-state index in [-0.39, 0.29) is 11.4 Å². The molecule has 0 saturated carbocycles. The number of hydrogen-bond donors (Lipinski definition) is 1. The zero-order chi connectivity index (χ0) is 22.9. The molecule has 5 nitrogen and oxygen atoms in total. The van der Waals surface area contributed by atoms with E-state index < -0.39 is 5.91 Å². The molecule has 3 aromatic rings. The lowest BCUT2D eigenvalue weighted by Crippen LogP contribution is -2.13. The summed E-state index contributed by atoms with van der Waals surface area (Å²) < 4.78 is 24.3. The smallest absolute Gasteiger partial charge is 0.266 e. The number of halogens is 1. The highest BCUT2D eigenvalue weighted by Gasteiger charge is 2.12. The van der Waals surface area contributed by atoms with Crippen molar-refractivity contribution in [1.82, 2.24) is 0 Å². The van der Waals surface area contributed by atoms with Crippen molar-refractivity contribution in [1.29, 1.82) is 5.26 Å². The second kappa shape index (κ2) is 10.8. The summed E-state index contributed by atoms with van der Waals surface area (Å²) in [6.45, 7) is 2.44. The van der Waals surface area contributed by atoms with Gasteiger partial charge in [0.25, 0.3) is 5.91 Å². The molecule has 0 bridgehead atoms. The van der Waals surface area contributed by atoms with Gasteiger partial charge in [0.2, 0.25) is 0 Å². The van der Waals surface area contributed by atoms with Gasteiger partial charge < -0.3 is 14.8 Å². The molecule has 0 aromatic heterocycles. The molecule has 0 fully saturated rings. The van der Waals surface area contributed by atoms with Crippen LogP contribution >= 0.6 is 0 Å². The summed E-state index contributed by atoms with van der Waals surface area (Å²) in [6, 6.07) is 20.5. The van der Waals surface area contributed by atoms with Crippen molar-refractivity contribution in [2.24, 2.45) is 0 Å². The third-order valence-electron chi connectivity index (χ3n) is 4.72. The SMILES string of the molecule is CCOc1ccc(NC(=O)/C(C#N)=C/c2ccc(OC)cc2Cc2cccc(F)c2)cc1. The lowest BCUT2D eigenvalue weighted by atomic mass is 9.97. The summed E-state index contributed by atoms with van der Waals surface area (Å²) in [5.41, 5.74) is 2.74. The minimum atomic E-state index is -0.524. The van der Waals surface area contributed by atoms with Crippen LogP contribution in [0.5, 0.6) is 11.5 Å². The standard InChI is InChI=1S/C26H23FN2O3/c1-3-32-24-11-8-23(9-12-24)29-26(30)21(17-28)15-19-7-10-25(31-2)16-20(19)13-18-5-4-6-22(27)14-18/h4-12,14-16H,3,13H2,1-2H3,(H,29,30)/b21-15+. The van der Waals surface area contributed by atoms with Gasteiger partial charge in [-0.15, -0.1) is 0 Å². The first-order chi connectivity index (χ1) is 15.5. The zero-order valence-electron chi connectivity index (χ0n) is 17.9. The normalized spacial score (nSPS) is 10.9. The Morgan fingerprint density at radius 1 is 1.09 bits per heavy atom. The van der Waals surface area contributed by atoms with Gasteiger partial charge in [-0.25, -0.2) is 4.39 Å². The van der Waals surface area contributed by atoms with Gasteiger partial charge in [0.15, 0.2) is 0 Å². The van der Waals surface area contributed by atoms with Gasteiger partial charge in [-0.1, -0.05) is 18.2 Å². The highest BCUT2D eigenvalue weighted by Crippen LogP contribution is 2.24. The Kier molecular flexibility index (Phi) is 7.60. The van der Waals surface area contributed by atoms with E-state index in [1.54, 1.807) is 49.6 Å². The Morgan fingerprint density at radius 3 is 2.50 bits per heavy atom. The van der Waals surface area contributed by atoms with Crippen molar-refractivity contribution in [3.63, 3.8) is 0 Å². The third kappa shape index (κ3) is 5.96. The van der Waals surface area contributed by atoms with Gasteiger partial charge >= 0.3 is 0 Å². The predicted molar refractivity (Wildman–Crippen MR) is 122 cm³/mol. The fourth-order valence-electron chi connectivity index (χ4n) is 3.17. The van der Waals surface area contributed by atoms with E-state index >= 15 is 0 Å². The predicted octanol–water partition coefficient (Wildman–Crippen LogP) is 5.37. The molecule has 0 aliphatic heterocycles. The number of anilines is 1. The Labute approximate surface area is 186 Å². The van der Waals surface area contributed by atoms with Crippen molar-refractivity contribution in [2.45, 2.75) is 13.3 Å². The molecular weight excluding hydrogens is 407 g/mol. The van der Waals surface area contributed by atoms with Gasteiger partial charge in [0.1, 0.15) is 29.0 Å². The number of benzene rings is 3. The molecule has 0 aliphatic rings. The fraction of sp³-hybridized carbons (Fsp3) is 0.154.